The Morgan fingerprint density at radius 3 is 2.75 bits per heavy atom. The van der Waals surface area contributed by atoms with Crippen molar-refractivity contribution in [2.24, 2.45) is 0 Å². The highest BCUT2D eigenvalue weighted by Gasteiger charge is 2.15. The summed E-state index contributed by atoms with van der Waals surface area (Å²) in [5.74, 6) is -0.260. The predicted octanol–water partition coefficient (Wildman–Crippen LogP) is 1.25. The number of nitrogens with zero attached hydrogens (tertiary/aromatic N) is 1. The van der Waals surface area contributed by atoms with Gasteiger partial charge in [0.05, 0.1) is 6.54 Å². The fraction of sp³-hybridized carbons (Fsp3) is 0.467. The molecule has 0 atom stereocenters. The van der Waals surface area contributed by atoms with E-state index in [1.807, 2.05) is 32.0 Å². The topological polar surface area (TPSA) is 61.4 Å². The van der Waals surface area contributed by atoms with E-state index in [-0.39, 0.29) is 18.4 Å². The van der Waals surface area contributed by atoms with E-state index in [2.05, 4.69) is 10.6 Å². The number of likely N-dealkylation sites (N-methyl/N-ethyl adjacent to an activating group) is 1. The molecule has 0 spiro atoms. The van der Waals surface area contributed by atoms with Crippen molar-refractivity contribution < 1.29 is 9.59 Å². The lowest BCUT2D eigenvalue weighted by atomic mass is 10.1. The largest absolute Gasteiger partial charge is 0.384 e. The molecule has 1 aliphatic rings. The molecule has 1 aromatic rings. The van der Waals surface area contributed by atoms with E-state index in [9.17, 15) is 9.59 Å². The molecule has 0 radical (unpaired) electrons. The third-order valence-electron chi connectivity index (χ3n) is 3.60. The number of carbonyl (C=O) groups excluding carboxylic acids is 2. The average Bonchev–Trinajstić information content (AvgIpc) is 2.93. The molecule has 2 rings (SSSR count). The highest BCUT2D eigenvalue weighted by molar-refractivity contribution is 5.97. The molecule has 0 saturated carbocycles. The monoisotopic (exact) mass is 275 g/mol. The number of benzene rings is 1. The molecule has 0 aromatic heterocycles. The van der Waals surface area contributed by atoms with E-state index in [0.717, 1.165) is 18.7 Å². The Hall–Kier alpha value is -2.04. The van der Waals surface area contributed by atoms with Crippen LogP contribution >= 0.6 is 0 Å². The zero-order chi connectivity index (χ0) is 14.5. The maximum absolute atomic E-state index is 12.0. The first kappa shape index (κ1) is 14.4. The molecule has 2 amide bonds. The first-order valence-corrected chi connectivity index (χ1v) is 7.08. The maximum atomic E-state index is 12.0. The first-order chi connectivity index (χ1) is 9.65. The fourth-order valence-corrected chi connectivity index (χ4v) is 2.38. The Morgan fingerprint density at radius 1 is 1.30 bits per heavy atom. The second kappa shape index (κ2) is 6.41. The molecule has 2 N–H and O–H groups in total. The lowest BCUT2D eigenvalue weighted by Gasteiger charge is -2.18. The van der Waals surface area contributed by atoms with E-state index >= 15 is 0 Å². The van der Waals surface area contributed by atoms with Gasteiger partial charge in [-0.3, -0.25) is 9.59 Å². The summed E-state index contributed by atoms with van der Waals surface area (Å²) in [6.45, 7) is 6.14. The number of fused-ring (bicyclic) bond motifs is 1. The van der Waals surface area contributed by atoms with Gasteiger partial charge < -0.3 is 15.5 Å². The third kappa shape index (κ3) is 3.10. The summed E-state index contributed by atoms with van der Waals surface area (Å²) >= 11 is 0. The van der Waals surface area contributed by atoms with Gasteiger partial charge >= 0.3 is 0 Å². The standard InChI is InChI=1S/C15H21N3O2/c1-3-18(4-2)14(19)10-17-15(20)12-6-5-11-7-8-16-13(11)9-12/h5-6,9,16H,3-4,7-8,10H2,1-2H3,(H,17,20). The first-order valence-electron chi connectivity index (χ1n) is 7.08. The Balaban J connectivity index is 1.94. The van der Waals surface area contributed by atoms with Crippen molar-refractivity contribution in [3.05, 3.63) is 29.3 Å². The summed E-state index contributed by atoms with van der Waals surface area (Å²) in [4.78, 5) is 25.6. The Kier molecular flexibility index (Phi) is 4.61. The number of anilines is 1. The van der Waals surface area contributed by atoms with Crippen molar-refractivity contribution >= 4 is 17.5 Å². The molecule has 20 heavy (non-hydrogen) atoms. The fourth-order valence-electron chi connectivity index (χ4n) is 2.38. The van der Waals surface area contributed by atoms with Crippen LogP contribution in [0, 0.1) is 0 Å². The molecule has 0 fully saturated rings. The van der Waals surface area contributed by atoms with Crippen LogP contribution in [0.4, 0.5) is 5.69 Å². The smallest absolute Gasteiger partial charge is 0.251 e. The molecule has 108 valence electrons. The van der Waals surface area contributed by atoms with Crippen LogP contribution in [0.2, 0.25) is 0 Å². The van der Waals surface area contributed by atoms with E-state index in [4.69, 9.17) is 0 Å². The highest BCUT2D eigenvalue weighted by atomic mass is 16.2. The Labute approximate surface area is 119 Å². The molecule has 1 aliphatic heterocycles. The lowest BCUT2D eigenvalue weighted by molar-refractivity contribution is -0.129. The van der Waals surface area contributed by atoms with Crippen molar-refractivity contribution in [1.29, 1.82) is 0 Å². The van der Waals surface area contributed by atoms with Crippen LogP contribution < -0.4 is 10.6 Å². The number of rotatable bonds is 5. The molecule has 1 heterocycles. The SMILES string of the molecule is CCN(CC)C(=O)CNC(=O)c1ccc2c(c1)NCC2. The number of hydrogen-bond acceptors (Lipinski definition) is 3. The third-order valence-corrected chi connectivity index (χ3v) is 3.60. The summed E-state index contributed by atoms with van der Waals surface area (Å²) < 4.78 is 0. The molecule has 0 aliphatic carbocycles. The van der Waals surface area contributed by atoms with Gasteiger partial charge in [-0.1, -0.05) is 6.07 Å². The van der Waals surface area contributed by atoms with Gasteiger partial charge in [0.15, 0.2) is 0 Å². The van der Waals surface area contributed by atoms with Gasteiger partial charge in [-0.15, -0.1) is 0 Å². The highest BCUT2D eigenvalue weighted by Crippen LogP contribution is 2.22. The zero-order valence-electron chi connectivity index (χ0n) is 12.0. The Bertz CT molecular complexity index is 510. The minimum atomic E-state index is -0.206. The molecule has 5 heteroatoms. The summed E-state index contributed by atoms with van der Waals surface area (Å²) in [5.41, 5.74) is 2.85. The van der Waals surface area contributed by atoms with Crippen LogP contribution in [0.5, 0.6) is 0 Å². The number of nitrogens with one attached hydrogen (secondary N) is 2. The van der Waals surface area contributed by atoms with Gasteiger partial charge in [0, 0.05) is 30.9 Å². The number of hydrogen-bond donors (Lipinski definition) is 2. The van der Waals surface area contributed by atoms with Gasteiger partial charge in [-0.25, -0.2) is 0 Å². The van der Waals surface area contributed by atoms with Crippen LogP contribution in [0.15, 0.2) is 18.2 Å². The molecule has 0 bridgehead atoms. The molecule has 5 nitrogen and oxygen atoms in total. The van der Waals surface area contributed by atoms with Gasteiger partial charge in [0.1, 0.15) is 0 Å². The average molecular weight is 275 g/mol. The molecular weight excluding hydrogens is 254 g/mol. The van der Waals surface area contributed by atoms with Crippen LogP contribution in [-0.4, -0.2) is 42.9 Å². The summed E-state index contributed by atoms with van der Waals surface area (Å²) in [5, 5.41) is 5.92. The van der Waals surface area contributed by atoms with Crippen molar-refractivity contribution in [3.63, 3.8) is 0 Å². The molecule has 1 aromatic carbocycles. The number of amides is 2. The molecule has 0 saturated heterocycles. The van der Waals surface area contributed by atoms with Crippen molar-refractivity contribution in [2.75, 3.05) is 31.5 Å². The second-order valence-electron chi connectivity index (χ2n) is 4.80. The van der Waals surface area contributed by atoms with Crippen LogP contribution in [0.25, 0.3) is 0 Å². The lowest BCUT2D eigenvalue weighted by Crippen LogP contribution is -2.40. The van der Waals surface area contributed by atoms with Crippen molar-refractivity contribution in [3.8, 4) is 0 Å². The van der Waals surface area contributed by atoms with Crippen molar-refractivity contribution in [1.82, 2.24) is 10.2 Å². The molecule has 0 unspecified atom stereocenters. The minimum Gasteiger partial charge on any atom is -0.384 e. The second-order valence-corrected chi connectivity index (χ2v) is 4.80. The summed E-state index contributed by atoms with van der Waals surface area (Å²) in [6, 6.07) is 5.62. The summed E-state index contributed by atoms with van der Waals surface area (Å²) in [7, 11) is 0. The van der Waals surface area contributed by atoms with Gasteiger partial charge in [-0.2, -0.15) is 0 Å². The van der Waals surface area contributed by atoms with Crippen molar-refractivity contribution in [2.45, 2.75) is 20.3 Å². The quantitative estimate of drug-likeness (QED) is 0.850. The normalized spacial score (nSPS) is 12.5. The van der Waals surface area contributed by atoms with E-state index in [0.29, 0.717) is 18.7 Å². The number of carbonyl (C=O) groups is 2. The van der Waals surface area contributed by atoms with Gasteiger partial charge in [0.25, 0.3) is 5.91 Å². The zero-order valence-corrected chi connectivity index (χ0v) is 12.0. The predicted molar refractivity (Wildman–Crippen MR) is 78.9 cm³/mol. The maximum Gasteiger partial charge on any atom is 0.251 e. The van der Waals surface area contributed by atoms with Gasteiger partial charge in [-0.05, 0) is 38.0 Å². The van der Waals surface area contributed by atoms with Crippen LogP contribution in [0.3, 0.4) is 0 Å². The Morgan fingerprint density at radius 2 is 2.05 bits per heavy atom. The van der Waals surface area contributed by atoms with Crippen LogP contribution in [-0.2, 0) is 11.2 Å². The molecular formula is C15H21N3O2. The summed E-state index contributed by atoms with van der Waals surface area (Å²) in [6.07, 6.45) is 0.998. The van der Waals surface area contributed by atoms with E-state index in [1.165, 1.54) is 5.56 Å². The van der Waals surface area contributed by atoms with Gasteiger partial charge in [0.2, 0.25) is 5.91 Å². The van der Waals surface area contributed by atoms with E-state index in [1.54, 1.807) is 4.90 Å². The van der Waals surface area contributed by atoms with Crippen LogP contribution in [0.1, 0.15) is 29.8 Å². The minimum absolute atomic E-state index is 0.0467. The van der Waals surface area contributed by atoms with E-state index < -0.39 is 0 Å².